The second-order valence-electron chi connectivity index (χ2n) is 10.8. The number of carbonyl (C=O) groups excluding carboxylic acids is 4. The molecule has 0 aliphatic carbocycles. The van der Waals surface area contributed by atoms with E-state index < -0.39 is 23.8 Å². The van der Waals surface area contributed by atoms with Crippen molar-refractivity contribution in [3.8, 4) is 46.0 Å². The quantitative estimate of drug-likeness (QED) is 0.0665. The molecular weight excluding hydrogens is 704 g/mol. The first-order chi connectivity index (χ1) is 26.1. The fourth-order valence-corrected chi connectivity index (χ4v) is 4.64. The van der Waals surface area contributed by atoms with Crippen molar-refractivity contribution in [3.05, 3.63) is 95.1 Å². The summed E-state index contributed by atoms with van der Waals surface area (Å²) in [6.07, 6.45) is 2.39. The third-order valence-corrected chi connectivity index (χ3v) is 7.40. The molecule has 0 fully saturated rings. The summed E-state index contributed by atoms with van der Waals surface area (Å²) in [4.78, 5) is 50.0. The lowest BCUT2D eigenvalue weighted by Gasteiger charge is -2.11. The molecule has 0 aromatic heterocycles. The van der Waals surface area contributed by atoms with Crippen molar-refractivity contribution in [2.24, 2.45) is 10.2 Å². The molecule has 0 unspecified atom stereocenters. The Morgan fingerprint density at radius 2 is 0.796 bits per heavy atom. The second-order valence-corrected chi connectivity index (χ2v) is 10.8. The Bertz CT molecular complexity index is 1900. The van der Waals surface area contributed by atoms with Crippen LogP contribution in [0, 0.1) is 0 Å². The molecule has 0 radical (unpaired) electrons. The van der Waals surface area contributed by atoms with Crippen LogP contribution in [0.2, 0.25) is 0 Å². The molecule has 0 spiro atoms. The number of nitrogens with zero attached hydrogens (tertiary/aromatic N) is 2. The summed E-state index contributed by atoms with van der Waals surface area (Å²) in [5.41, 5.74) is 6.25. The Balaban J connectivity index is 1.23. The third kappa shape index (κ3) is 10.7. The molecule has 282 valence electrons. The molecule has 4 aromatic carbocycles. The van der Waals surface area contributed by atoms with Gasteiger partial charge in [0.2, 0.25) is 11.8 Å². The molecule has 0 heterocycles. The number of nitrogens with one attached hydrogen (secondary N) is 2. The molecule has 0 atom stereocenters. The van der Waals surface area contributed by atoms with E-state index in [9.17, 15) is 19.2 Å². The van der Waals surface area contributed by atoms with Crippen molar-refractivity contribution in [1.29, 1.82) is 0 Å². The first-order valence-corrected chi connectivity index (χ1v) is 16.0. The number of methoxy groups -OCH3 is 6. The summed E-state index contributed by atoms with van der Waals surface area (Å²) < 4.78 is 42.6. The summed E-state index contributed by atoms with van der Waals surface area (Å²) >= 11 is 0. The molecule has 16 nitrogen and oxygen atoms in total. The Morgan fingerprint density at radius 3 is 1.15 bits per heavy atom. The molecule has 2 amide bonds. The Kier molecular flexibility index (Phi) is 14.3. The smallest absolute Gasteiger partial charge is 0.343 e. The topological polar surface area (TPSA) is 191 Å². The number of benzene rings is 4. The Labute approximate surface area is 310 Å². The highest BCUT2D eigenvalue weighted by molar-refractivity contribution is 5.93. The zero-order valence-corrected chi connectivity index (χ0v) is 30.3. The van der Waals surface area contributed by atoms with Gasteiger partial charge in [0, 0.05) is 12.8 Å². The Hall–Kier alpha value is -7.10. The van der Waals surface area contributed by atoms with Gasteiger partial charge in [-0.3, -0.25) is 9.59 Å². The number of hydrogen-bond acceptors (Lipinski definition) is 14. The first-order valence-electron chi connectivity index (χ1n) is 16.0. The molecule has 4 aromatic rings. The van der Waals surface area contributed by atoms with Gasteiger partial charge < -0.3 is 37.9 Å². The largest absolute Gasteiger partial charge is 0.493 e. The summed E-state index contributed by atoms with van der Waals surface area (Å²) in [7, 11) is 8.72. The predicted octanol–water partition coefficient (Wildman–Crippen LogP) is 4.56. The van der Waals surface area contributed by atoms with E-state index in [1.54, 1.807) is 48.5 Å². The van der Waals surface area contributed by atoms with E-state index in [0.717, 1.165) is 0 Å². The molecule has 16 heteroatoms. The number of hydrogen-bond donors (Lipinski definition) is 2. The molecule has 0 saturated carbocycles. The lowest BCUT2D eigenvalue weighted by Crippen LogP contribution is -2.22. The van der Waals surface area contributed by atoms with Crippen molar-refractivity contribution in [2.75, 3.05) is 42.7 Å². The monoisotopic (exact) mass is 742 g/mol. The summed E-state index contributed by atoms with van der Waals surface area (Å²) in [5.74, 6) is 0.202. The van der Waals surface area contributed by atoms with Crippen LogP contribution < -0.4 is 48.7 Å². The highest BCUT2D eigenvalue weighted by Crippen LogP contribution is 2.32. The average Bonchev–Trinajstić information content (AvgIpc) is 3.20. The van der Waals surface area contributed by atoms with Gasteiger partial charge in [-0.15, -0.1) is 0 Å². The van der Waals surface area contributed by atoms with Crippen LogP contribution in [0.1, 0.15) is 44.7 Å². The van der Waals surface area contributed by atoms with Crippen molar-refractivity contribution < 1.29 is 57.1 Å². The van der Waals surface area contributed by atoms with Crippen LogP contribution in [-0.4, -0.2) is 78.8 Å². The van der Waals surface area contributed by atoms with E-state index in [4.69, 9.17) is 37.9 Å². The number of rotatable bonds is 17. The first kappa shape index (κ1) is 39.7. The van der Waals surface area contributed by atoms with E-state index in [-0.39, 0.29) is 47.0 Å². The van der Waals surface area contributed by atoms with Gasteiger partial charge in [-0.05, 0) is 83.9 Å². The molecule has 4 rings (SSSR count). The van der Waals surface area contributed by atoms with Crippen molar-refractivity contribution in [2.45, 2.75) is 12.8 Å². The van der Waals surface area contributed by atoms with E-state index in [2.05, 4.69) is 21.1 Å². The van der Waals surface area contributed by atoms with Crippen molar-refractivity contribution >= 4 is 36.2 Å². The maximum atomic E-state index is 12.7. The molecular formula is C38H38N4O12. The summed E-state index contributed by atoms with van der Waals surface area (Å²) in [5, 5.41) is 7.83. The zero-order valence-electron chi connectivity index (χ0n) is 30.3. The van der Waals surface area contributed by atoms with Crippen LogP contribution in [0.25, 0.3) is 0 Å². The van der Waals surface area contributed by atoms with Gasteiger partial charge in [0.05, 0.1) is 66.2 Å². The fraction of sp³-hybridized carbons (Fsp3) is 0.211. The minimum Gasteiger partial charge on any atom is -0.493 e. The summed E-state index contributed by atoms with van der Waals surface area (Å²) in [6, 6.07) is 18.6. The molecule has 2 N–H and O–H groups in total. The van der Waals surface area contributed by atoms with E-state index in [0.29, 0.717) is 34.1 Å². The van der Waals surface area contributed by atoms with Crippen LogP contribution in [-0.2, 0) is 9.59 Å². The fourth-order valence-electron chi connectivity index (χ4n) is 4.64. The van der Waals surface area contributed by atoms with Gasteiger partial charge in [0.25, 0.3) is 0 Å². The van der Waals surface area contributed by atoms with Crippen LogP contribution in [0.15, 0.2) is 83.0 Å². The lowest BCUT2D eigenvalue weighted by atomic mass is 10.2. The standard InChI is InChI=1S/C38H38N4O12/c1-47-27-13-9-25(19-33(27)51-5)37(45)53-29-11-7-23(17-31(29)49-3)21-39-41-35(43)15-16-36(44)42-40-22-24-8-12-30(32(18-24)50-4)54-38(46)26-10-14-28(48-2)34(20-26)52-6/h7-14,17-22H,15-16H2,1-6H3,(H,41,43)(H,42,44). The Morgan fingerprint density at radius 1 is 0.463 bits per heavy atom. The highest BCUT2D eigenvalue weighted by Gasteiger charge is 2.17. The summed E-state index contributed by atoms with van der Waals surface area (Å²) in [6.45, 7) is 0. The van der Waals surface area contributed by atoms with E-state index in [1.807, 2.05) is 0 Å². The molecule has 0 aliphatic heterocycles. The molecule has 0 bridgehead atoms. The van der Waals surface area contributed by atoms with Crippen LogP contribution >= 0.6 is 0 Å². The van der Waals surface area contributed by atoms with Gasteiger partial charge in [-0.1, -0.05) is 0 Å². The van der Waals surface area contributed by atoms with Gasteiger partial charge in [0.15, 0.2) is 46.0 Å². The molecule has 54 heavy (non-hydrogen) atoms. The van der Waals surface area contributed by atoms with Crippen LogP contribution in [0.5, 0.6) is 46.0 Å². The number of esters is 2. The van der Waals surface area contributed by atoms with Crippen LogP contribution in [0.3, 0.4) is 0 Å². The predicted molar refractivity (Wildman–Crippen MR) is 196 cm³/mol. The number of amides is 2. The number of ether oxygens (including phenoxy) is 8. The van der Waals surface area contributed by atoms with E-state index >= 15 is 0 Å². The second kappa shape index (κ2) is 19.5. The van der Waals surface area contributed by atoms with Crippen molar-refractivity contribution in [1.82, 2.24) is 10.9 Å². The normalized spacial score (nSPS) is 10.7. The molecule has 0 saturated heterocycles. The maximum absolute atomic E-state index is 12.7. The zero-order chi connectivity index (χ0) is 39.0. The van der Waals surface area contributed by atoms with E-state index in [1.165, 1.54) is 79.4 Å². The average molecular weight is 743 g/mol. The minimum absolute atomic E-state index is 0.163. The minimum atomic E-state index is -0.639. The highest BCUT2D eigenvalue weighted by atomic mass is 16.6. The van der Waals surface area contributed by atoms with Crippen molar-refractivity contribution in [3.63, 3.8) is 0 Å². The maximum Gasteiger partial charge on any atom is 0.343 e. The van der Waals surface area contributed by atoms with Gasteiger partial charge in [-0.25, -0.2) is 20.4 Å². The number of carbonyl (C=O) groups is 4. The van der Waals surface area contributed by atoms with Crippen LogP contribution in [0.4, 0.5) is 0 Å². The molecule has 0 aliphatic rings. The van der Waals surface area contributed by atoms with Gasteiger partial charge in [-0.2, -0.15) is 10.2 Å². The third-order valence-electron chi connectivity index (χ3n) is 7.40. The lowest BCUT2D eigenvalue weighted by molar-refractivity contribution is -0.126. The van der Waals surface area contributed by atoms with Gasteiger partial charge >= 0.3 is 11.9 Å². The number of hydrazone groups is 2. The SMILES string of the molecule is COc1ccc(C(=O)Oc2ccc(C=NNC(=O)CCC(=O)NN=Cc3ccc(OC(=O)c4ccc(OC)c(OC)c4)c(OC)c3)cc2OC)cc1OC. The van der Waals surface area contributed by atoms with Gasteiger partial charge in [0.1, 0.15) is 0 Å².